The molecule has 3 heterocycles. The number of aryl methyl sites for hydroxylation is 1. The summed E-state index contributed by atoms with van der Waals surface area (Å²) in [5, 5.41) is 4.63. The molecule has 2 saturated heterocycles. The standard InChI is InChI=1S/C34H36Cl2N4O6/c1-45-25-5-3-4-20(16-25)8-15-29(41)40-24-13-9-22(10-14-24)31(40)33(43)39-28(34(44)46-2)17-21-6-11-23(12-7-21)38-32(42)30-26(35)18-37-19-27(30)36/h3-7,11-12,16,18-19,22,24,28,31H,8-10,13-15,17H2,1-2H3,(H,38,42)(H,39,43)/p+1/t22?,24?,28-,31?/m0/s1. The number of rotatable bonds is 11. The number of methoxy groups -OCH3 is 2. The maximum absolute atomic E-state index is 13.8. The van der Waals surface area contributed by atoms with E-state index in [1.54, 1.807) is 36.3 Å². The molecule has 2 aliphatic heterocycles. The topological polar surface area (TPSA) is 132 Å². The molecule has 1 saturated carbocycles. The van der Waals surface area contributed by atoms with Crippen molar-refractivity contribution in [2.75, 3.05) is 14.2 Å². The zero-order valence-corrected chi connectivity index (χ0v) is 27.2. The fourth-order valence-corrected chi connectivity index (χ4v) is 7.06. The van der Waals surface area contributed by atoms with Crippen molar-refractivity contribution in [3.8, 4) is 5.75 Å². The number of hydrogen-bond donors (Lipinski definition) is 2. The molecule has 3 amide bonds. The lowest BCUT2D eigenvalue weighted by Gasteiger charge is -2.50. The first kappa shape index (κ1) is 33.4. The van der Waals surface area contributed by atoms with Gasteiger partial charge in [-0.25, -0.2) is 14.9 Å². The Morgan fingerprint density at radius 2 is 1.67 bits per heavy atom. The van der Waals surface area contributed by atoms with Gasteiger partial charge in [0, 0.05) is 31.3 Å². The van der Waals surface area contributed by atoms with Crippen LogP contribution in [0.25, 0.3) is 0 Å². The van der Waals surface area contributed by atoms with E-state index in [9.17, 15) is 19.2 Å². The van der Waals surface area contributed by atoms with E-state index in [2.05, 4.69) is 10.3 Å². The summed E-state index contributed by atoms with van der Waals surface area (Å²) in [6, 6.07) is 13.0. The number of esters is 1. The molecular weight excluding hydrogens is 631 g/mol. The largest absolute Gasteiger partial charge is 0.497 e. The molecule has 2 bridgehead atoms. The smallest absolute Gasteiger partial charge is 0.350 e. The number of nitrogens with one attached hydrogen (secondary N) is 1. The number of hydrogen-bond acceptors (Lipinski definition) is 7. The molecule has 3 fully saturated rings. The number of quaternary nitrogens is 1. The number of pyridine rings is 1. The third-order valence-electron chi connectivity index (χ3n) is 8.82. The second kappa shape index (κ2) is 15.1. The molecule has 1 unspecified atom stereocenters. The maximum atomic E-state index is 13.8. The van der Waals surface area contributed by atoms with Gasteiger partial charge in [-0.2, -0.15) is 0 Å². The number of primary amides is 1. The van der Waals surface area contributed by atoms with Crippen molar-refractivity contribution < 1.29 is 34.0 Å². The molecule has 3 aromatic rings. The molecule has 1 aromatic heterocycles. The lowest BCUT2D eigenvalue weighted by Crippen LogP contribution is -2.82. The molecule has 10 nitrogen and oxygen atoms in total. The van der Waals surface area contributed by atoms with Crippen LogP contribution in [-0.4, -0.2) is 65.9 Å². The van der Waals surface area contributed by atoms with E-state index >= 15 is 0 Å². The highest BCUT2D eigenvalue weighted by Crippen LogP contribution is 2.40. The third-order valence-corrected chi connectivity index (χ3v) is 9.39. The van der Waals surface area contributed by atoms with Gasteiger partial charge in [0.15, 0.2) is 0 Å². The summed E-state index contributed by atoms with van der Waals surface area (Å²) >= 11 is 12.2. The zero-order valence-electron chi connectivity index (χ0n) is 25.7. The fourth-order valence-electron chi connectivity index (χ4n) is 6.51. The highest BCUT2D eigenvalue weighted by atomic mass is 35.5. The first-order chi connectivity index (χ1) is 22.2. The Hall–Kier alpha value is -3.99. The lowest BCUT2D eigenvalue weighted by molar-refractivity contribution is -0.464. The normalized spacial score (nSPS) is 19.3. The second-order valence-corrected chi connectivity index (χ2v) is 12.5. The quantitative estimate of drug-likeness (QED) is 0.233. The van der Waals surface area contributed by atoms with Crippen LogP contribution < -0.4 is 15.4 Å². The Bertz CT molecular complexity index is 1570. The van der Waals surface area contributed by atoms with Crippen LogP contribution in [0, 0.1) is 5.92 Å². The minimum atomic E-state index is -0.961. The number of nitrogens with zero attached hydrogens (tertiary/aromatic N) is 2. The molecule has 2 aromatic carbocycles. The summed E-state index contributed by atoms with van der Waals surface area (Å²) in [7, 11) is 2.88. The molecule has 3 N–H and O–H groups in total. The first-order valence-electron chi connectivity index (χ1n) is 15.3. The van der Waals surface area contributed by atoms with Crippen molar-refractivity contribution in [3.63, 3.8) is 0 Å². The van der Waals surface area contributed by atoms with Crippen molar-refractivity contribution in [1.82, 2.24) is 15.2 Å². The minimum absolute atomic E-state index is 0.00134. The molecule has 12 heteroatoms. The number of carbonyl (C=O) groups excluding carboxylic acids is 4. The van der Waals surface area contributed by atoms with Crippen molar-refractivity contribution in [2.45, 2.75) is 63.1 Å². The van der Waals surface area contributed by atoms with Crippen LogP contribution in [0.15, 0.2) is 60.9 Å². The zero-order chi connectivity index (χ0) is 32.8. The molecule has 6 rings (SSSR count). The average Bonchev–Trinajstić information content (AvgIpc) is 3.07. The Morgan fingerprint density at radius 1 is 0.978 bits per heavy atom. The summed E-state index contributed by atoms with van der Waals surface area (Å²) in [4.78, 5) is 58.7. The van der Waals surface area contributed by atoms with Crippen LogP contribution in [-0.2, 0) is 32.0 Å². The van der Waals surface area contributed by atoms with Crippen LogP contribution in [0.2, 0.25) is 10.0 Å². The van der Waals surface area contributed by atoms with Crippen LogP contribution in [0.5, 0.6) is 5.75 Å². The number of halogens is 2. The van der Waals surface area contributed by atoms with Crippen LogP contribution in [0.3, 0.4) is 0 Å². The van der Waals surface area contributed by atoms with Gasteiger partial charge in [-0.15, -0.1) is 0 Å². The van der Waals surface area contributed by atoms with Crippen molar-refractivity contribution >= 4 is 52.6 Å². The lowest BCUT2D eigenvalue weighted by atomic mass is 9.74. The number of ether oxygens (including phenoxy) is 2. The molecule has 0 radical (unpaired) electrons. The number of carbonyl (C=O) groups is 4. The van der Waals surface area contributed by atoms with E-state index in [0.717, 1.165) is 42.6 Å². The number of amides is 3. The van der Waals surface area contributed by atoms with Crippen LogP contribution in [0.4, 0.5) is 5.69 Å². The van der Waals surface area contributed by atoms with Gasteiger partial charge in [-0.3, -0.25) is 14.6 Å². The number of piperidine rings is 2. The fraction of sp³-hybridized carbons (Fsp3) is 0.382. The van der Waals surface area contributed by atoms with Gasteiger partial charge < -0.3 is 19.7 Å². The molecule has 46 heavy (non-hydrogen) atoms. The van der Waals surface area contributed by atoms with Crippen molar-refractivity contribution in [3.05, 3.63) is 87.7 Å². The van der Waals surface area contributed by atoms with E-state index in [1.807, 2.05) is 24.3 Å². The Kier molecular flexibility index (Phi) is 10.9. The van der Waals surface area contributed by atoms with Crippen molar-refractivity contribution in [2.24, 2.45) is 5.92 Å². The number of fused-ring (bicyclic) bond motifs is 3. The summed E-state index contributed by atoms with van der Waals surface area (Å²) in [5.41, 5.74) is 2.51. The highest BCUT2D eigenvalue weighted by molar-refractivity contribution is 6.38. The average molecular weight is 669 g/mol. The summed E-state index contributed by atoms with van der Waals surface area (Å²) in [6.07, 6.45) is 7.13. The summed E-state index contributed by atoms with van der Waals surface area (Å²) in [5.74, 6) is -0.607. The van der Waals surface area contributed by atoms with Crippen molar-refractivity contribution in [1.29, 1.82) is 0 Å². The maximum Gasteiger partial charge on any atom is 0.350 e. The van der Waals surface area contributed by atoms with Gasteiger partial charge in [-0.05, 0) is 73.4 Å². The van der Waals surface area contributed by atoms with E-state index in [1.165, 1.54) is 24.8 Å². The van der Waals surface area contributed by atoms with Gasteiger partial charge >= 0.3 is 11.9 Å². The molecular formula is C34H37Cl2N4O6+. The number of benzene rings is 2. The third kappa shape index (κ3) is 7.68. The predicted molar refractivity (Wildman–Crippen MR) is 172 cm³/mol. The van der Waals surface area contributed by atoms with Gasteiger partial charge in [0.05, 0.1) is 24.3 Å². The predicted octanol–water partition coefficient (Wildman–Crippen LogP) is 4.04. The monoisotopic (exact) mass is 667 g/mol. The number of aromatic nitrogens is 1. The van der Waals surface area contributed by atoms with Gasteiger partial charge in [0.1, 0.15) is 29.1 Å². The summed E-state index contributed by atoms with van der Waals surface area (Å²) in [6.45, 7) is 0. The molecule has 2 atom stereocenters. The summed E-state index contributed by atoms with van der Waals surface area (Å²) < 4.78 is 10.3. The van der Waals surface area contributed by atoms with Crippen LogP contribution >= 0.6 is 23.2 Å². The Morgan fingerprint density at radius 3 is 2.33 bits per heavy atom. The Balaban J connectivity index is 1.25. The van der Waals surface area contributed by atoms with Gasteiger partial charge in [0.25, 0.3) is 0 Å². The molecule has 1 aliphatic carbocycles. The van der Waals surface area contributed by atoms with Gasteiger partial charge in [-0.1, -0.05) is 47.5 Å². The van der Waals surface area contributed by atoms with Crippen LogP contribution in [0.1, 0.15) is 53.6 Å². The van der Waals surface area contributed by atoms with E-state index in [4.69, 9.17) is 32.7 Å². The second-order valence-electron chi connectivity index (χ2n) is 11.7. The molecule has 0 spiro atoms. The molecule has 242 valence electrons. The van der Waals surface area contributed by atoms with E-state index < -0.39 is 18.1 Å². The van der Waals surface area contributed by atoms with E-state index in [-0.39, 0.29) is 58.1 Å². The Labute approximate surface area is 277 Å². The molecule has 3 aliphatic rings. The first-order valence-corrected chi connectivity index (χ1v) is 16.0. The SMILES string of the molecule is COC(=O)[C@H](Cc1ccc([NH2+]C(=O)c2c(Cl)cncc2Cl)cc1)NC(=O)C1C2CCC(CC2)N1C(=O)CCc1cccc(OC)c1. The number of nitrogens with two attached hydrogens (primary N) is 1. The highest BCUT2D eigenvalue weighted by Gasteiger charge is 2.47. The minimum Gasteiger partial charge on any atom is -0.497 e. The van der Waals surface area contributed by atoms with E-state index in [0.29, 0.717) is 12.1 Å². The van der Waals surface area contributed by atoms with Gasteiger partial charge in [0.2, 0.25) is 11.8 Å².